The van der Waals surface area contributed by atoms with Crippen LogP contribution in [0.3, 0.4) is 0 Å². The Kier molecular flexibility index (Phi) is 5.50. The smallest absolute Gasteiger partial charge is 0.331 e. The third-order valence-electron chi connectivity index (χ3n) is 4.38. The molecule has 0 unspecified atom stereocenters. The lowest BCUT2D eigenvalue weighted by Crippen LogP contribution is -2.42. The van der Waals surface area contributed by atoms with Crippen molar-refractivity contribution in [3.8, 4) is 0 Å². The number of nitrogens with zero attached hydrogens (tertiary/aromatic N) is 2. The van der Waals surface area contributed by atoms with Gasteiger partial charge in [-0.05, 0) is 24.5 Å². The van der Waals surface area contributed by atoms with Crippen molar-refractivity contribution in [3.63, 3.8) is 0 Å². The fourth-order valence-electron chi connectivity index (χ4n) is 3.11. The summed E-state index contributed by atoms with van der Waals surface area (Å²) in [5.41, 5.74) is -0.173. The van der Waals surface area contributed by atoms with Crippen LogP contribution in [0.2, 0.25) is 0 Å². The number of amides is 2. The molecule has 144 valence electrons. The molecule has 0 aliphatic carbocycles. The van der Waals surface area contributed by atoms with E-state index in [4.69, 9.17) is 0 Å². The number of aromatic nitrogens is 1. The lowest BCUT2D eigenvalue weighted by atomic mass is 10.1. The number of likely N-dealkylation sites (tertiary alicyclic amines) is 1. The molecule has 0 spiro atoms. The Morgan fingerprint density at radius 3 is 2.85 bits per heavy atom. The number of hydrogen-bond acceptors (Lipinski definition) is 4. The predicted octanol–water partition coefficient (Wildman–Crippen LogP) is 3.70. The Bertz CT molecular complexity index is 850. The van der Waals surface area contributed by atoms with Crippen LogP contribution in [0.1, 0.15) is 35.8 Å². The Morgan fingerprint density at radius 2 is 2.15 bits per heavy atom. The number of alkyl halides is 3. The molecule has 9 heteroatoms. The van der Waals surface area contributed by atoms with Crippen molar-refractivity contribution >= 4 is 28.3 Å². The van der Waals surface area contributed by atoms with Crippen molar-refractivity contribution in [2.75, 3.05) is 11.9 Å². The maximum absolute atomic E-state index is 12.8. The Hall–Kier alpha value is -2.42. The van der Waals surface area contributed by atoms with Gasteiger partial charge < -0.3 is 10.2 Å². The van der Waals surface area contributed by atoms with E-state index >= 15 is 0 Å². The number of halogens is 3. The number of rotatable bonds is 4. The molecule has 2 heterocycles. The van der Waals surface area contributed by atoms with Gasteiger partial charge in [0.2, 0.25) is 11.8 Å². The molecule has 1 aromatic carbocycles. The molecule has 1 atom stereocenters. The first-order valence-corrected chi connectivity index (χ1v) is 9.24. The lowest BCUT2D eigenvalue weighted by molar-refractivity contribution is -0.137. The second-order valence-corrected chi connectivity index (χ2v) is 7.48. The standard InChI is InChI=1S/C18H18F3N3O2S/c1-11(25)24-7-3-6-15(24)16(26)23-17-22-10-14(27-17)9-12-4-2-5-13(8-12)18(19,20)21/h2,4-5,8,10,15H,3,6-7,9H2,1H3,(H,22,23,26)/t15-/m1/s1. The van der Waals surface area contributed by atoms with Crippen LogP contribution in [0.5, 0.6) is 0 Å². The fraction of sp³-hybridized carbons (Fsp3) is 0.389. The van der Waals surface area contributed by atoms with Gasteiger partial charge in [0, 0.05) is 31.0 Å². The zero-order valence-corrected chi connectivity index (χ0v) is 15.4. The zero-order valence-electron chi connectivity index (χ0n) is 14.5. The topological polar surface area (TPSA) is 62.3 Å². The summed E-state index contributed by atoms with van der Waals surface area (Å²) in [5.74, 6) is -0.431. The highest BCUT2D eigenvalue weighted by atomic mass is 32.1. The van der Waals surface area contributed by atoms with Crippen molar-refractivity contribution in [1.29, 1.82) is 0 Å². The van der Waals surface area contributed by atoms with Gasteiger partial charge in [-0.2, -0.15) is 13.2 Å². The average molecular weight is 397 g/mol. The Balaban J connectivity index is 1.65. The number of thiazole rings is 1. The predicted molar refractivity (Wildman–Crippen MR) is 95.4 cm³/mol. The number of hydrogen-bond donors (Lipinski definition) is 1. The molecule has 0 radical (unpaired) electrons. The summed E-state index contributed by atoms with van der Waals surface area (Å²) in [7, 11) is 0. The highest BCUT2D eigenvalue weighted by Gasteiger charge is 2.33. The van der Waals surface area contributed by atoms with Gasteiger partial charge in [0.25, 0.3) is 0 Å². The van der Waals surface area contributed by atoms with Crippen molar-refractivity contribution in [1.82, 2.24) is 9.88 Å². The number of benzene rings is 1. The molecule has 1 aliphatic rings. The summed E-state index contributed by atoms with van der Waals surface area (Å²) in [6.07, 6.45) is -1.17. The molecule has 0 saturated carbocycles. The minimum Gasteiger partial charge on any atom is -0.331 e. The average Bonchev–Trinajstić information content (AvgIpc) is 3.24. The summed E-state index contributed by atoms with van der Waals surface area (Å²) >= 11 is 1.21. The monoisotopic (exact) mass is 397 g/mol. The van der Waals surface area contributed by atoms with E-state index in [-0.39, 0.29) is 11.8 Å². The zero-order chi connectivity index (χ0) is 19.6. The van der Waals surface area contributed by atoms with Crippen LogP contribution in [0.4, 0.5) is 18.3 Å². The Labute approximate surface area is 158 Å². The molecule has 0 bridgehead atoms. The van der Waals surface area contributed by atoms with Crippen LogP contribution < -0.4 is 5.32 Å². The Morgan fingerprint density at radius 1 is 1.37 bits per heavy atom. The van der Waals surface area contributed by atoms with E-state index in [1.165, 1.54) is 35.4 Å². The van der Waals surface area contributed by atoms with Gasteiger partial charge in [-0.1, -0.05) is 18.2 Å². The van der Waals surface area contributed by atoms with Crippen LogP contribution in [0, 0.1) is 0 Å². The van der Waals surface area contributed by atoms with E-state index in [1.807, 2.05) is 0 Å². The van der Waals surface area contributed by atoms with E-state index < -0.39 is 17.8 Å². The van der Waals surface area contributed by atoms with Crippen LogP contribution in [-0.4, -0.2) is 34.3 Å². The molecule has 1 saturated heterocycles. The largest absolute Gasteiger partial charge is 0.416 e. The number of nitrogens with one attached hydrogen (secondary N) is 1. The first-order chi connectivity index (χ1) is 12.7. The highest BCUT2D eigenvalue weighted by molar-refractivity contribution is 7.15. The van der Waals surface area contributed by atoms with E-state index in [2.05, 4.69) is 10.3 Å². The fourth-order valence-corrected chi connectivity index (χ4v) is 3.96. The number of anilines is 1. The third kappa shape index (κ3) is 4.65. The normalized spacial score (nSPS) is 17.2. The van der Waals surface area contributed by atoms with Gasteiger partial charge in [-0.25, -0.2) is 4.98 Å². The van der Waals surface area contributed by atoms with Gasteiger partial charge in [0.05, 0.1) is 5.56 Å². The SMILES string of the molecule is CC(=O)N1CCC[C@@H]1C(=O)Nc1ncc(Cc2cccc(C(F)(F)F)c2)s1. The minimum absolute atomic E-state index is 0.142. The summed E-state index contributed by atoms with van der Waals surface area (Å²) in [4.78, 5) is 30.4. The summed E-state index contributed by atoms with van der Waals surface area (Å²) in [5, 5.41) is 3.08. The molecule has 2 amide bonds. The molecular formula is C18H18F3N3O2S. The maximum Gasteiger partial charge on any atom is 0.416 e. The van der Waals surface area contributed by atoms with Crippen LogP contribution >= 0.6 is 11.3 Å². The number of carbonyl (C=O) groups excluding carboxylic acids is 2. The molecule has 1 N–H and O–H groups in total. The van der Waals surface area contributed by atoms with Gasteiger partial charge >= 0.3 is 6.18 Å². The first-order valence-electron chi connectivity index (χ1n) is 8.43. The molecule has 27 heavy (non-hydrogen) atoms. The van der Waals surface area contributed by atoms with E-state index in [1.54, 1.807) is 6.07 Å². The van der Waals surface area contributed by atoms with Crippen LogP contribution in [0.25, 0.3) is 0 Å². The van der Waals surface area contributed by atoms with Crippen molar-refractivity contribution < 1.29 is 22.8 Å². The molecule has 1 aliphatic heterocycles. The van der Waals surface area contributed by atoms with E-state index in [0.29, 0.717) is 30.1 Å². The molecule has 1 fully saturated rings. The van der Waals surface area contributed by atoms with E-state index in [0.717, 1.165) is 23.4 Å². The summed E-state index contributed by atoms with van der Waals surface area (Å²) < 4.78 is 38.4. The van der Waals surface area contributed by atoms with Gasteiger partial charge in [-0.3, -0.25) is 9.59 Å². The highest BCUT2D eigenvalue weighted by Crippen LogP contribution is 2.30. The molecular weight excluding hydrogens is 379 g/mol. The minimum atomic E-state index is -4.38. The first kappa shape index (κ1) is 19.3. The van der Waals surface area contributed by atoms with E-state index in [9.17, 15) is 22.8 Å². The van der Waals surface area contributed by atoms with Gasteiger partial charge in [0.1, 0.15) is 6.04 Å². The molecule has 5 nitrogen and oxygen atoms in total. The van der Waals surface area contributed by atoms with Crippen LogP contribution in [0.15, 0.2) is 30.5 Å². The van der Waals surface area contributed by atoms with Gasteiger partial charge in [0.15, 0.2) is 5.13 Å². The molecule has 1 aromatic heterocycles. The maximum atomic E-state index is 12.8. The van der Waals surface area contributed by atoms with Crippen molar-refractivity contribution in [2.45, 2.75) is 38.4 Å². The third-order valence-corrected chi connectivity index (χ3v) is 5.29. The lowest BCUT2D eigenvalue weighted by Gasteiger charge is -2.21. The second kappa shape index (κ2) is 7.67. The van der Waals surface area contributed by atoms with Crippen LogP contribution in [-0.2, 0) is 22.2 Å². The van der Waals surface area contributed by atoms with Gasteiger partial charge in [-0.15, -0.1) is 11.3 Å². The summed E-state index contributed by atoms with van der Waals surface area (Å²) in [6.45, 7) is 1.99. The molecule has 2 aromatic rings. The quantitative estimate of drug-likeness (QED) is 0.856. The number of carbonyl (C=O) groups is 2. The summed E-state index contributed by atoms with van der Waals surface area (Å²) in [6, 6.07) is 4.64. The van der Waals surface area contributed by atoms with Crippen molar-refractivity contribution in [3.05, 3.63) is 46.5 Å². The molecule has 3 rings (SSSR count). The second-order valence-electron chi connectivity index (χ2n) is 6.37. The van der Waals surface area contributed by atoms with Crippen molar-refractivity contribution in [2.24, 2.45) is 0 Å².